The summed E-state index contributed by atoms with van der Waals surface area (Å²) in [7, 11) is 0. The van der Waals surface area contributed by atoms with Crippen LogP contribution in [0.5, 0.6) is 0 Å². The van der Waals surface area contributed by atoms with Crippen molar-refractivity contribution in [1.82, 2.24) is 14.5 Å². The van der Waals surface area contributed by atoms with Crippen LogP contribution in [0.2, 0.25) is 10.0 Å². The molecular formula is C21H16Cl2N4O. The Bertz CT molecular complexity index is 1150. The normalized spacial score (nSPS) is 11.0. The van der Waals surface area contributed by atoms with Gasteiger partial charge in [0.15, 0.2) is 5.65 Å². The van der Waals surface area contributed by atoms with Crippen LogP contribution in [0.3, 0.4) is 0 Å². The van der Waals surface area contributed by atoms with Gasteiger partial charge in [-0.3, -0.25) is 4.79 Å². The topological polar surface area (TPSA) is 59.8 Å². The molecule has 2 aromatic heterocycles. The van der Waals surface area contributed by atoms with Gasteiger partial charge in [-0.15, -0.1) is 0 Å². The molecule has 0 atom stereocenters. The van der Waals surface area contributed by atoms with Crippen molar-refractivity contribution in [2.75, 3.05) is 5.32 Å². The van der Waals surface area contributed by atoms with Crippen molar-refractivity contribution in [3.05, 3.63) is 87.8 Å². The molecule has 0 aliphatic rings. The fraction of sp³-hybridized carbons (Fsp3) is 0.0952. The number of rotatable bonds is 4. The molecule has 7 heteroatoms. The summed E-state index contributed by atoms with van der Waals surface area (Å²) < 4.78 is 1.91. The van der Waals surface area contributed by atoms with E-state index in [1.807, 2.05) is 11.5 Å². The number of nitrogens with one attached hydrogen (secondary N) is 1. The second-order valence-corrected chi connectivity index (χ2v) is 7.29. The van der Waals surface area contributed by atoms with Crippen molar-refractivity contribution in [3.8, 4) is 0 Å². The van der Waals surface area contributed by atoms with Gasteiger partial charge in [0.25, 0.3) is 5.91 Å². The molecule has 0 saturated heterocycles. The Morgan fingerprint density at radius 3 is 2.46 bits per heavy atom. The summed E-state index contributed by atoms with van der Waals surface area (Å²) in [5.74, 6) is -0.352. The summed E-state index contributed by atoms with van der Waals surface area (Å²) in [6, 6.07) is 15.1. The fourth-order valence-electron chi connectivity index (χ4n) is 2.87. The van der Waals surface area contributed by atoms with Gasteiger partial charge in [-0.05, 0) is 36.8 Å². The number of nitrogens with zero attached hydrogens (tertiary/aromatic N) is 3. The SMILES string of the molecule is Cc1ccc(Cn2cnc3c(Cl)c(C(=O)Nc4ccc(Cl)cc4)cnc32)cc1. The Morgan fingerprint density at radius 2 is 1.75 bits per heavy atom. The molecule has 0 fully saturated rings. The quantitative estimate of drug-likeness (QED) is 0.493. The lowest BCUT2D eigenvalue weighted by Gasteiger charge is -2.08. The van der Waals surface area contributed by atoms with Crippen LogP contribution >= 0.6 is 23.2 Å². The molecule has 0 aliphatic heterocycles. The zero-order valence-electron chi connectivity index (χ0n) is 15.0. The van der Waals surface area contributed by atoms with E-state index in [-0.39, 0.29) is 16.5 Å². The van der Waals surface area contributed by atoms with E-state index in [1.54, 1.807) is 30.6 Å². The number of aryl methyl sites for hydroxylation is 1. The molecular weight excluding hydrogens is 395 g/mol. The molecule has 5 nitrogen and oxygen atoms in total. The molecule has 0 aliphatic carbocycles. The Balaban J connectivity index is 1.61. The van der Waals surface area contributed by atoms with E-state index >= 15 is 0 Å². The van der Waals surface area contributed by atoms with Crippen LogP contribution in [0.1, 0.15) is 21.5 Å². The van der Waals surface area contributed by atoms with Gasteiger partial charge in [0.2, 0.25) is 0 Å². The molecule has 2 heterocycles. The predicted octanol–water partition coefficient (Wildman–Crippen LogP) is 5.35. The Kier molecular flexibility index (Phi) is 5.03. The maximum absolute atomic E-state index is 12.6. The van der Waals surface area contributed by atoms with Crippen LogP contribution in [0.15, 0.2) is 61.1 Å². The van der Waals surface area contributed by atoms with Crippen LogP contribution in [0.25, 0.3) is 11.2 Å². The van der Waals surface area contributed by atoms with Gasteiger partial charge in [-0.2, -0.15) is 0 Å². The lowest BCUT2D eigenvalue weighted by molar-refractivity contribution is 0.102. The van der Waals surface area contributed by atoms with Gasteiger partial charge in [-0.25, -0.2) is 9.97 Å². The molecule has 4 aromatic rings. The minimum atomic E-state index is -0.352. The second-order valence-electron chi connectivity index (χ2n) is 6.48. The predicted molar refractivity (Wildman–Crippen MR) is 112 cm³/mol. The maximum atomic E-state index is 12.6. The summed E-state index contributed by atoms with van der Waals surface area (Å²) in [5, 5.41) is 3.66. The number of anilines is 1. The lowest BCUT2D eigenvalue weighted by atomic mass is 10.1. The molecule has 1 amide bonds. The van der Waals surface area contributed by atoms with E-state index in [2.05, 4.69) is 39.6 Å². The number of aromatic nitrogens is 3. The Morgan fingerprint density at radius 1 is 1.04 bits per heavy atom. The highest BCUT2D eigenvalue weighted by molar-refractivity contribution is 6.38. The van der Waals surface area contributed by atoms with E-state index < -0.39 is 0 Å². The van der Waals surface area contributed by atoms with E-state index in [4.69, 9.17) is 23.2 Å². The summed E-state index contributed by atoms with van der Waals surface area (Å²) in [5.41, 5.74) is 4.36. The van der Waals surface area contributed by atoms with Crippen molar-refractivity contribution in [1.29, 1.82) is 0 Å². The molecule has 0 radical (unpaired) electrons. The van der Waals surface area contributed by atoms with Crippen molar-refractivity contribution < 1.29 is 4.79 Å². The average molecular weight is 411 g/mol. The first-order chi connectivity index (χ1) is 13.5. The number of fused-ring (bicyclic) bond motifs is 1. The molecule has 0 unspecified atom stereocenters. The minimum absolute atomic E-state index is 0.268. The van der Waals surface area contributed by atoms with Gasteiger partial charge >= 0.3 is 0 Å². The largest absolute Gasteiger partial charge is 0.322 e. The first kappa shape index (κ1) is 18.5. The highest BCUT2D eigenvalue weighted by Crippen LogP contribution is 2.26. The summed E-state index contributed by atoms with van der Waals surface area (Å²) >= 11 is 12.3. The number of hydrogen-bond acceptors (Lipinski definition) is 3. The van der Waals surface area contributed by atoms with Crippen molar-refractivity contribution >= 4 is 46.0 Å². The van der Waals surface area contributed by atoms with Gasteiger partial charge in [0.05, 0.1) is 23.5 Å². The van der Waals surface area contributed by atoms with Gasteiger partial charge in [-0.1, -0.05) is 53.0 Å². The van der Waals surface area contributed by atoms with E-state index in [0.717, 1.165) is 5.56 Å². The van der Waals surface area contributed by atoms with E-state index in [9.17, 15) is 4.79 Å². The second kappa shape index (κ2) is 7.62. The van der Waals surface area contributed by atoms with Crippen LogP contribution in [-0.2, 0) is 6.54 Å². The highest BCUT2D eigenvalue weighted by Gasteiger charge is 2.17. The Hall–Kier alpha value is -2.89. The van der Waals surface area contributed by atoms with Crippen LogP contribution in [-0.4, -0.2) is 20.4 Å². The number of carbonyl (C=O) groups is 1. The third-order valence-electron chi connectivity index (χ3n) is 4.39. The van der Waals surface area contributed by atoms with Crippen molar-refractivity contribution in [2.45, 2.75) is 13.5 Å². The highest BCUT2D eigenvalue weighted by atomic mass is 35.5. The maximum Gasteiger partial charge on any atom is 0.258 e. The van der Waals surface area contributed by atoms with Gasteiger partial charge < -0.3 is 9.88 Å². The molecule has 2 aromatic carbocycles. The number of halogens is 2. The summed E-state index contributed by atoms with van der Waals surface area (Å²) in [6.07, 6.45) is 3.16. The fourth-order valence-corrected chi connectivity index (χ4v) is 3.27. The minimum Gasteiger partial charge on any atom is -0.322 e. The number of carbonyl (C=O) groups excluding carboxylic acids is 1. The third-order valence-corrected chi connectivity index (χ3v) is 5.03. The van der Waals surface area contributed by atoms with E-state index in [0.29, 0.717) is 28.4 Å². The number of amides is 1. The molecule has 1 N–H and O–H groups in total. The first-order valence-electron chi connectivity index (χ1n) is 8.63. The smallest absolute Gasteiger partial charge is 0.258 e. The standard InChI is InChI=1S/C21H16Cl2N4O/c1-13-2-4-14(5-3-13)11-27-12-25-19-18(23)17(10-24-20(19)27)21(28)26-16-8-6-15(22)7-9-16/h2-10,12H,11H2,1H3,(H,26,28). The lowest BCUT2D eigenvalue weighted by Crippen LogP contribution is -2.13. The molecule has 0 spiro atoms. The summed E-state index contributed by atoms with van der Waals surface area (Å²) in [4.78, 5) is 21.4. The zero-order valence-corrected chi connectivity index (χ0v) is 16.5. The van der Waals surface area contributed by atoms with Crippen LogP contribution in [0, 0.1) is 6.92 Å². The molecule has 28 heavy (non-hydrogen) atoms. The molecule has 4 rings (SSSR count). The molecule has 140 valence electrons. The number of imidazole rings is 1. The first-order valence-corrected chi connectivity index (χ1v) is 9.38. The van der Waals surface area contributed by atoms with Gasteiger partial charge in [0.1, 0.15) is 5.52 Å². The van der Waals surface area contributed by atoms with Crippen molar-refractivity contribution in [2.24, 2.45) is 0 Å². The van der Waals surface area contributed by atoms with Crippen LogP contribution < -0.4 is 5.32 Å². The average Bonchev–Trinajstić information content (AvgIpc) is 3.09. The number of hydrogen-bond donors (Lipinski definition) is 1. The molecule has 0 saturated carbocycles. The molecule has 0 bridgehead atoms. The van der Waals surface area contributed by atoms with Gasteiger partial charge in [0, 0.05) is 16.9 Å². The monoisotopic (exact) mass is 410 g/mol. The van der Waals surface area contributed by atoms with Crippen molar-refractivity contribution in [3.63, 3.8) is 0 Å². The third kappa shape index (κ3) is 3.72. The number of pyridine rings is 1. The Labute approximate surface area is 171 Å². The van der Waals surface area contributed by atoms with E-state index in [1.165, 1.54) is 11.8 Å². The number of benzene rings is 2. The zero-order chi connectivity index (χ0) is 19.7. The summed E-state index contributed by atoms with van der Waals surface area (Å²) in [6.45, 7) is 2.67. The van der Waals surface area contributed by atoms with Crippen LogP contribution in [0.4, 0.5) is 5.69 Å².